The Bertz CT molecular complexity index is 333. The van der Waals surface area contributed by atoms with Gasteiger partial charge in [-0.2, -0.15) is 0 Å². The van der Waals surface area contributed by atoms with Crippen molar-refractivity contribution in [2.24, 2.45) is 0 Å². The number of rotatable bonds is 3. The molecule has 1 saturated heterocycles. The second kappa shape index (κ2) is 6.92. The molecule has 1 aliphatic rings. The van der Waals surface area contributed by atoms with E-state index in [0.29, 0.717) is 0 Å². The molecule has 19 heavy (non-hydrogen) atoms. The summed E-state index contributed by atoms with van der Waals surface area (Å²) in [7, 11) is -1.73. The average molecular weight is 282 g/mol. The first-order valence-electron chi connectivity index (χ1n) is 7.56. The minimum Gasteiger partial charge on any atom is -0.410 e. The van der Waals surface area contributed by atoms with Crippen LogP contribution in [0.4, 0.5) is 0 Å². The molecule has 110 valence electrons. The molecule has 0 unspecified atom stereocenters. The van der Waals surface area contributed by atoms with E-state index in [1.165, 1.54) is 0 Å². The van der Waals surface area contributed by atoms with Crippen molar-refractivity contribution in [1.82, 2.24) is 0 Å². The van der Waals surface area contributed by atoms with Crippen LogP contribution in [0.2, 0.25) is 18.1 Å². The Labute approximate surface area is 120 Å². The van der Waals surface area contributed by atoms with Crippen molar-refractivity contribution in [1.29, 1.82) is 0 Å². The van der Waals surface area contributed by atoms with Crippen LogP contribution in [-0.2, 0) is 9.16 Å². The van der Waals surface area contributed by atoms with Gasteiger partial charge in [-0.1, -0.05) is 33.6 Å². The fourth-order valence-electron chi connectivity index (χ4n) is 1.86. The van der Waals surface area contributed by atoms with Gasteiger partial charge in [-0.25, -0.2) is 0 Å². The normalized spacial score (nSPS) is 24.7. The lowest BCUT2D eigenvalue weighted by Crippen LogP contribution is -2.48. The topological polar surface area (TPSA) is 18.5 Å². The van der Waals surface area contributed by atoms with Crippen LogP contribution in [0.5, 0.6) is 0 Å². The molecule has 0 aromatic rings. The van der Waals surface area contributed by atoms with Crippen LogP contribution >= 0.6 is 0 Å². The predicted molar refractivity (Wildman–Crippen MR) is 83.7 cm³/mol. The van der Waals surface area contributed by atoms with Crippen molar-refractivity contribution in [3.8, 4) is 11.8 Å². The maximum absolute atomic E-state index is 6.50. The Morgan fingerprint density at radius 3 is 2.58 bits per heavy atom. The Morgan fingerprint density at radius 2 is 2.00 bits per heavy atom. The van der Waals surface area contributed by atoms with E-state index < -0.39 is 8.32 Å². The Balaban J connectivity index is 2.71. The van der Waals surface area contributed by atoms with Crippen LogP contribution in [-0.4, -0.2) is 27.1 Å². The van der Waals surface area contributed by atoms with Crippen molar-refractivity contribution in [3.63, 3.8) is 0 Å². The van der Waals surface area contributed by atoms with E-state index in [0.717, 1.165) is 32.3 Å². The minimum atomic E-state index is -1.73. The van der Waals surface area contributed by atoms with Crippen LogP contribution in [0, 0.1) is 11.8 Å². The maximum atomic E-state index is 6.50. The van der Waals surface area contributed by atoms with Gasteiger partial charge in [0.05, 0.1) is 6.10 Å². The Hall–Kier alpha value is -0.303. The molecule has 3 heteroatoms. The molecule has 0 spiro atoms. The lowest BCUT2D eigenvalue weighted by Gasteiger charge is -2.41. The fraction of sp³-hybridized carbons (Fsp3) is 0.875. The van der Waals surface area contributed by atoms with E-state index in [-0.39, 0.29) is 17.2 Å². The van der Waals surface area contributed by atoms with Gasteiger partial charge < -0.3 is 9.16 Å². The Kier molecular flexibility index (Phi) is 6.10. The highest BCUT2D eigenvalue weighted by atomic mass is 28.4. The van der Waals surface area contributed by atoms with Crippen molar-refractivity contribution < 1.29 is 9.16 Å². The summed E-state index contributed by atoms with van der Waals surface area (Å²) in [6.07, 6.45) is 4.37. The summed E-state index contributed by atoms with van der Waals surface area (Å²) in [5.41, 5.74) is 0. The molecule has 0 aromatic carbocycles. The number of hydrogen-bond donors (Lipinski definition) is 0. The van der Waals surface area contributed by atoms with Crippen molar-refractivity contribution in [2.45, 2.75) is 83.7 Å². The molecule has 0 aromatic heterocycles. The van der Waals surface area contributed by atoms with Crippen LogP contribution in [0.15, 0.2) is 0 Å². The van der Waals surface area contributed by atoms with Crippen molar-refractivity contribution in [3.05, 3.63) is 0 Å². The van der Waals surface area contributed by atoms with E-state index in [4.69, 9.17) is 9.16 Å². The first-order valence-corrected chi connectivity index (χ1v) is 10.5. The molecule has 2 atom stereocenters. The van der Waals surface area contributed by atoms with Gasteiger partial charge in [0.2, 0.25) is 0 Å². The highest BCUT2D eigenvalue weighted by molar-refractivity contribution is 6.74. The van der Waals surface area contributed by atoms with E-state index in [2.05, 4.69) is 52.6 Å². The minimum absolute atomic E-state index is 0.0191. The van der Waals surface area contributed by atoms with Gasteiger partial charge in [-0.15, -0.1) is 5.92 Å². The number of unbranched alkanes of at least 4 members (excludes halogenated alkanes) is 1. The Morgan fingerprint density at radius 1 is 1.32 bits per heavy atom. The van der Waals surface area contributed by atoms with Gasteiger partial charge in [0.25, 0.3) is 0 Å². The smallest absolute Gasteiger partial charge is 0.192 e. The van der Waals surface area contributed by atoms with Gasteiger partial charge in [0.1, 0.15) is 6.10 Å². The molecule has 0 amide bonds. The van der Waals surface area contributed by atoms with Gasteiger partial charge in [0.15, 0.2) is 8.32 Å². The highest BCUT2D eigenvalue weighted by Crippen LogP contribution is 2.38. The lowest BCUT2D eigenvalue weighted by atomic mass is 10.1. The summed E-state index contributed by atoms with van der Waals surface area (Å²) >= 11 is 0. The zero-order chi connectivity index (χ0) is 14.5. The van der Waals surface area contributed by atoms with Crippen molar-refractivity contribution in [2.75, 3.05) is 6.61 Å². The molecule has 0 aliphatic carbocycles. The van der Waals surface area contributed by atoms with Crippen LogP contribution < -0.4 is 0 Å². The summed E-state index contributed by atoms with van der Waals surface area (Å²) < 4.78 is 12.3. The zero-order valence-electron chi connectivity index (χ0n) is 13.5. The number of hydrogen-bond acceptors (Lipinski definition) is 2. The molecule has 0 bridgehead atoms. The summed E-state index contributed by atoms with van der Waals surface area (Å²) in [6.45, 7) is 14.4. The molecule has 1 fully saturated rings. The first kappa shape index (κ1) is 16.8. The van der Waals surface area contributed by atoms with E-state index in [1.54, 1.807) is 0 Å². The van der Waals surface area contributed by atoms with Gasteiger partial charge in [-0.05, 0) is 37.4 Å². The molecule has 2 nitrogen and oxygen atoms in total. The lowest BCUT2D eigenvalue weighted by molar-refractivity contribution is -0.0371. The molecule has 0 radical (unpaired) electrons. The highest BCUT2D eigenvalue weighted by Gasteiger charge is 2.41. The maximum Gasteiger partial charge on any atom is 0.192 e. The summed E-state index contributed by atoms with van der Waals surface area (Å²) in [5, 5.41) is 0.242. The molecule has 1 heterocycles. The predicted octanol–water partition coefficient (Wildman–Crippen LogP) is 4.36. The first-order chi connectivity index (χ1) is 8.78. The standard InChI is InChI=1S/C16H30O2Si/c1-7-8-9-11-14-15(12-10-13-17-14)18-19(5,6)16(2,3)4/h14-15H,7-8,10,12-13H2,1-6H3/t14-,15+/m1/s1. The van der Waals surface area contributed by atoms with Gasteiger partial charge in [0, 0.05) is 13.0 Å². The largest absolute Gasteiger partial charge is 0.410 e. The molecule has 1 aliphatic heterocycles. The average Bonchev–Trinajstić information content (AvgIpc) is 2.30. The molecular weight excluding hydrogens is 252 g/mol. The van der Waals surface area contributed by atoms with E-state index >= 15 is 0 Å². The summed E-state index contributed by atoms with van der Waals surface area (Å²) in [4.78, 5) is 0. The summed E-state index contributed by atoms with van der Waals surface area (Å²) in [6, 6.07) is 0. The third-order valence-corrected chi connectivity index (χ3v) is 8.64. The second-order valence-electron chi connectivity index (χ2n) is 6.92. The van der Waals surface area contributed by atoms with E-state index in [9.17, 15) is 0 Å². The monoisotopic (exact) mass is 282 g/mol. The van der Waals surface area contributed by atoms with Crippen LogP contribution in [0.3, 0.4) is 0 Å². The molecule has 1 rings (SSSR count). The molecule has 0 saturated carbocycles. The SMILES string of the molecule is CCCC#C[C@H]1OCCC[C@@H]1O[Si](C)(C)C(C)(C)C. The van der Waals surface area contributed by atoms with Gasteiger partial charge >= 0.3 is 0 Å². The zero-order valence-corrected chi connectivity index (χ0v) is 14.5. The third kappa shape index (κ3) is 4.94. The fourth-order valence-corrected chi connectivity index (χ4v) is 3.21. The number of ether oxygens (including phenoxy) is 1. The summed E-state index contributed by atoms with van der Waals surface area (Å²) in [5.74, 6) is 6.49. The van der Waals surface area contributed by atoms with Crippen molar-refractivity contribution >= 4 is 8.32 Å². The van der Waals surface area contributed by atoms with Gasteiger partial charge in [-0.3, -0.25) is 0 Å². The quantitative estimate of drug-likeness (QED) is 0.565. The third-order valence-electron chi connectivity index (χ3n) is 4.14. The van der Waals surface area contributed by atoms with Crippen LogP contribution in [0.25, 0.3) is 0 Å². The van der Waals surface area contributed by atoms with E-state index in [1.807, 2.05) is 0 Å². The molecular formula is C16H30O2Si. The molecule has 0 N–H and O–H groups in total. The second-order valence-corrected chi connectivity index (χ2v) is 11.7. The van der Waals surface area contributed by atoms with Crippen LogP contribution in [0.1, 0.15) is 53.4 Å².